The Hall–Kier alpha value is -3.08. The fourth-order valence-corrected chi connectivity index (χ4v) is 4.17. The molecule has 0 radical (unpaired) electrons. The first-order chi connectivity index (χ1) is 14.0. The van der Waals surface area contributed by atoms with Crippen molar-refractivity contribution >= 4 is 22.7 Å². The molecule has 2 heterocycles. The van der Waals surface area contributed by atoms with Gasteiger partial charge in [-0.2, -0.15) is 0 Å². The molecule has 0 bridgehead atoms. The summed E-state index contributed by atoms with van der Waals surface area (Å²) in [5.74, 6) is 0.325. The number of benzene rings is 2. The van der Waals surface area contributed by atoms with E-state index in [1.807, 2.05) is 43.4 Å². The molecule has 1 aromatic heterocycles. The Bertz CT molecular complexity index is 1070. The van der Waals surface area contributed by atoms with E-state index >= 15 is 0 Å². The van der Waals surface area contributed by atoms with Gasteiger partial charge in [-0.25, -0.2) is 0 Å². The zero-order valence-electron chi connectivity index (χ0n) is 17.2. The number of fused-ring (bicyclic) bond motifs is 2. The van der Waals surface area contributed by atoms with E-state index in [9.17, 15) is 9.59 Å². The van der Waals surface area contributed by atoms with Gasteiger partial charge in [0.2, 0.25) is 5.91 Å². The number of aromatic nitrogens is 1. The molecule has 150 valence electrons. The van der Waals surface area contributed by atoms with Crippen LogP contribution in [0, 0.1) is 5.92 Å². The first-order valence-corrected chi connectivity index (χ1v) is 10.2. The van der Waals surface area contributed by atoms with E-state index in [-0.39, 0.29) is 24.4 Å². The van der Waals surface area contributed by atoms with Gasteiger partial charge < -0.3 is 14.8 Å². The van der Waals surface area contributed by atoms with Crippen molar-refractivity contribution in [1.29, 1.82) is 0 Å². The fraction of sp³-hybridized carbons (Fsp3) is 0.333. The predicted molar refractivity (Wildman–Crippen MR) is 115 cm³/mol. The van der Waals surface area contributed by atoms with Gasteiger partial charge in [-0.3, -0.25) is 9.59 Å². The van der Waals surface area contributed by atoms with Crippen LogP contribution in [0.2, 0.25) is 0 Å². The Morgan fingerprint density at radius 1 is 1.07 bits per heavy atom. The van der Waals surface area contributed by atoms with Gasteiger partial charge in [-0.05, 0) is 30.0 Å². The predicted octanol–water partition coefficient (Wildman–Crippen LogP) is 3.89. The second-order valence-electron chi connectivity index (χ2n) is 8.17. The minimum atomic E-state index is -0.263. The van der Waals surface area contributed by atoms with E-state index < -0.39 is 0 Å². The topological polar surface area (TPSA) is 54.3 Å². The molecule has 29 heavy (non-hydrogen) atoms. The van der Waals surface area contributed by atoms with Crippen LogP contribution in [0.4, 0.5) is 0 Å². The van der Waals surface area contributed by atoms with Crippen molar-refractivity contribution in [2.24, 2.45) is 13.0 Å². The molecule has 4 rings (SSSR count). The van der Waals surface area contributed by atoms with Crippen LogP contribution in [0.5, 0.6) is 0 Å². The molecule has 3 aromatic rings. The lowest BCUT2D eigenvalue weighted by atomic mass is 9.97. The molecule has 0 fully saturated rings. The van der Waals surface area contributed by atoms with Gasteiger partial charge in [0.15, 0.2) is 0 Å². The number of carbonyl (C=O) groups is 2. The molecule has 0 saturated carbocycles. The van der Waals surface area contributed by atoms with E-state index in [2.05, 4.69) is 42.1 Å². The maximum absolute atomic E-state index is 13.2. The van der Waals surface area contributed by atoms with Gasteiger partial charge in [0.25, 0.3) is 5.91 Å². The van der Waals surface area contributed by atoms with E-state index in [1.54, 1.807) is 4.90 Å². The van der Waals surface area contributed by atoms with Crippen molar-refractivity contribution in [1.82, 2.24) is 14.8 Å². The Balaban J connectivity index is 1.70. The highest BCUT2D eigenvalue weighted by molar-refractivity contribution is 6.02. The second-order valence-corrected chi connectivity index (χ2v) is 8.17. The molecule has 2 amide bonds. The molecule has 5 nitrogen and oxygen atoms in total. The zero-order chi connectivity index (χ0) is 20.5. The summed E-state index contributed by atoms with van der Waals surface area (Å²) in [6.07, 6.45) is 3.00. The lowest BCUT2D eigenvalue weighted by Gasteiger charge is -2.25. The van der Waals surface area contributed by atoms with Gasteiger partial charge in [0.1, 0.15) is 6.54 Å². The van der Waals surface area contributed by atoms with Crippen LogP contribution in [0.15, 0.2) is 54.7 Å². The van der Waals surface area contributed by atoms with Crippen molar-refractivity contribution in [2.45, 2.75) is 26.3 Å². The summed E-state index contributed by atoms with van der Waals surface area (Å²) in [6, 6.07) is 15.6. The maximum Gasteiger partial charge on any atom is 0.255 e. The smallest absolute Gasteiger partial charge is 0.255 e. The molecule has 1 N–H and O–H groups in total. The van der Waals surface area contributed by atoms with E-state index in [4.69, 9.17) is 0 Å². The molecule has 0 aliphatic carbocycles. The number of hydrogen-bond acceptors (Lipinski definition) is 2. The summed E-state index contributed by atoms with van der Waals surface area (Å²) in [5.41, 5.74) is 3.81. The molecule has 1 aliphatic rings. The Kier molecular flexibility index (Phi) is 5.14. The summed E-state index contributed by atoms with van der Waals surface area (Å²) in [7, 11) is 2.01. The third kappa shape index (κ3) is 3.53. The van der Waals surface area contributed by atoms with Crippen LogP contribution >= 0.6 is 0 Å². The van der Waals surface area contributed by atoms with Crippen molar-refractivity contribution < 1.29 is 9.59 Å². The molecule has 0 unspecified atom stereocenters. The average Bonchev–Trinajstić information content (AvgIpc) is 3.17. The van der Waals surface area contributed by atoms with Crippen LogP contribution < -0.4 is 5.32 Å². The quantitative estimate of drug-likeness (QED) is 0.695. The van der Waals surface area contributed by atoms with E-state index in [0.717, 1.165) is 28.5 Å². The summed E-state index contributed by atoms with van der Waals surface area (Å²) in [4.78, 5) is 27.5. The van der Waals surface area contributed by atoms with Crippen LogP contribution in [0.25, 0.3) is 10.9 Å². The first-order valence-electron chi connectivity index (χ1n) is 10.2. The number of carbonyl (C=O) groups excluding carboxylic acids is 2. The van der Waals surface area contributed by atoms with Crippen molar-refractivity contribution in [3.8, 4) is 0 Å². The number of nitrogens with one attached hydrogen (secondary N) is 1. The highest BCUT2D eigenvalue weighted by Crippen LogP contribution is 2.41. The van der Waals surface area contributed by atoms with Crippen LogP contribution in [-0.4, -0.2) is 34.4 Å². The number of rotatable bonds is 6. The maximum atomic E-state index is 13.2. The largest absolute Gasteiger partial charge is 0.355 e. The molecule has 5 heteroatoms. The Morgan fingerprint density at radius 2 is 1.79 bits per heavy atom. The normalized spacial score (nSPS) is 15.9. The Labute approximate surface area is 171 Å². The standard InChI is InChI=1S/C24H27N3O2/c1-16(2)12-13-25-22(28)15-27-23(18-9-4-5-10-19(18)24(27)29)20-14-26(3)21-11-7-6-8-17(20)21/h4-11,14,16,23H,12-13,15H2,1-3H3,(H,25,28)/t23-/m1/s1. The van der Waals surface area contributed by atoms with Gasteiger partial charge in [0.05, 0.1) is 6.04 Å². The van der Waals surface area contributed by atoms with Crippen molar-refractivity contribution in [3.63, 3.8) is 0 Å². The number of amides is 2. The Morgan fingerprint density at radius 3 is 2.59 bits per heavy atom. The van der Waals surface area contributed by atoms with Gasteiger partial charge >= 0.3 is 0 Å². The van der Waals surface area contributed by atoms with Crippen molar-refractivity contribution in [2.75, 3.05) is 13.1 Å². The minimum Gasteiger partial charge on any atom is -0.355 e. The van der Waals surface area contributed by atoms with Gasteiger partial charge in [-0.15, -0.1) is 0 Å². The van der Waals surface area contributed by atoms with Crippen molar-refractivity contribution in [3.05, 3.63) is 71.4 Å². The van der Waals surface area contributed by atoms with Crippen LogP contribution in [0.1, 0.15) is 47.8 Å². The van der Waals surface area contributed by atoms with E-state index in [1.165, 1.54) is 0 Å². The first kappa shape index (κ1) is 19.2. The van der Waals surface area contributed by atoms with Gasteiger partial charge in [0, 0.05) is 41.8 Å². The fourth-order valence-electron chi connectivity index (χ4n) is 4.17. The second kappa shape index (κ2) is 7.74. The lowest BCUT2D eigenvalue weighted by Crippen LogP contribution is -2.40. The lowest BCUT2D eigenvalue weighted by molar-refractivity contribution is -0.122. The highest BCUT2D eigenvalue weighted by atomic mass is 16.2. The third-order valence-electron chi connectivity index (χ3n) is 5.64. The molecular formula is C24H27N3O2. The number of aryl methyl sites for hydroxylation is 1. The molecule has 2 aromatic carbocycles. The molecule has 1 aliphatic heterocycles. The summed E-state index contributed by atoms with van der Waals surface area (Å²) in [6.45, 7) is 4.94. The molecule has 0 saturated heterocycles. The summed E-state index contributed by atoms with van der Waals surface area (Å²) >= 11 is 0. The average molecular weight is 389 g/mol. The summed E-state index contributed by atoms with van der Waals surface area (Å²) in [5, 5.41) is 4.07. The molecule has 1 atom stereocenters. The van der Waals surface area contributed by atoms with Gasteiger partial charge in [-0.1, -0.05) is 50.2 Å². The minimum absolute atomic E-state index is 0.0551. The number of para-hydroxylation sites is 1. The zero-order valence-corrected chi connectivity index (χ0v) is 17.2. The van der Waals surface area contributed by atoms with Crippen LogP contribution in [0.3, 0.4) is 0 Å². The number of hydrogen-bond donors (Lipinski definition) is 1. The summed E-state index contributed by atoms with van der Waals surface area (Å²) < 4.78 is 2.08. The molecular weight excluding hydrogens is 362 g/mol. The highest BCUT2D eigenvalue weighted by Gasteiger charge is 2.39. The van der Waals surface area contributed by atoms with Crippen LogP contribution in [-0.2, 0) is 11.8 Å². The number of nitrogens with zero attached hydrogens (tertiary/aromatic N) is 2. The third-order valence-corrected chi connectivity index (χ3v) is 5.64. The SMILES string of the molecule is CC(C)CCNC(=O)CN1C(=O)c2ccccc2[C@@H]1c1cn(C)c2ccccc12. The van der Waals surface area contributed by atoms with E-state index in [0.29, 0.717) is 18.0 Å². The monoisotopic (exact) mass is 389 g/mol. The molecule has 0 spiro atoms.